The van der Waals surface area contributed by atoms with Gasteiger partial charge in [0.1, 0.15) is 5.01 Å². The molecule has 1 heterocycles. The molecule has 3 N–H and O–H groups in total. The number of aryl methyl sites for hydroxylation is 1. The number of nitrogens with one attached hydrogen (secondary N) is 2. The molecule has 1 atom stereocenters. The fraction of sp³-hybridized carbons (Fsp3) is 0.444. The highest BCUT2D eigenvalue weighted by atomic mass is 32.1. The number of rotatable bonds is 5. The first-order valence-corrected chi connectivity index (χ1v) is 8.80. The molecule has 0 bridgehead atoms. The van der Waals surface area contributed by atoms with Gasteiger partial charge >= 0.3 is 6.03 Å². The Balaban J connectivity index is 1.88. The second kappa shape index (κ2) is 7.77. The van der Waals surface area contributed by atoms with Gasteiger partial charge in [0.2, 0.25) is 0 Å². The molecule has 5 nitrogen and oxygen atoms in total. The molecule has 0 aliphatic rings. The third kappa shape index (κ3) is 5.04. The zero-order chi connectivity index (χ0) is 17.7. The van der Waals surface area contributed by atoms with Crippen molar-refractivity contribution in [3.63, 3.8) is 0 Å². The van der Waals surface area contributed by atoms with E-state index in [9.17, 15) is 9.90 Å². The van der Waals surface area contributed by atoms with Gasteiger partial charge in [-0.2, -0.15) is 0 Å². The predicted molar refractivity (Wildman–Crippen MR) is 98.0 cm³/mol. The van der Waals surface area contributed by atoms with Gasteiger partial charge in [0, 0.05) is 17.0 Å². The molecule has 24 heavy (non-hydrogen) atoms. The minimum absolute atomic E-state index is 0.228. The van der Waals surface area contributed by atoms with E-state index in [2.05, 4.69) is 15.6 Å². The fourth-order valence-corrected chi connectivity index (χ4v) is 3.02. The minimum Gasteiger partial charge on any atom is -0.391 e. The lowest BCUT2D eigenvalue weighted by atomic mass is 9.89. The third-order valence-corrected chi connectivity index (χ3v) is 4.99. The van der Waals surface area contributed by atoms with Crippen molar-refractivity contribution in [3.8, 4) is 10.6 Å². The van der Waals surface area contributed by atoms with E-state index >= 15 is 0 Å². The van der Waals surface area contributed by atoms with Crippen molar-refractivity contribution in [3.05, 3.63) is 40.9 Å². The van der Waals surface area contributed by atoms with E-state index in [1.165, 1.54) is 0 Å². The van der Waals surface area contributed by atoms with Gasteiger partial charge in [0.15, 0.2) is 0 Å². The van der Waals surface area contributed by atoms with Crippen LogP contribution in [0.3, 0.4) is 0 Å². The molecule has 0 aliphatic carbocycles. The molecule has 1 aromatic carbocycles. The van der Waals surface area contributed by atoms with E-state index in [0.717, 1.165) is 21.1 Å². The lowest BCUT2D eigenvalue weighted by Crippen LogP contribution is -2.43. The standard InChI is InChI=1S/C18H25N3O2S/c1-12-14(24-16(21-12)13-8-6-5-7-9-13)10-19-17(23)20-11-15(22)18(2,3)4/h5-9,15,22H,10-11H2,1-4H3,(H2,19,20,23). The minimum atomic E-state index is -0.585. The number of carbonyl (C=O) groups excluding carboxylic acids is 1. The van der Waals surface area contributed by atoms with Crippen molar-refractivity contribution >= 4 is 17.4 Å². The number of hydrogen-bond donors (Lipinski definition) is 3. The van der Waals surface area contributed by atoms with Crippen molar-refractivity contribution in [2.24, 2.45) is 5.41 Å². The molecular formula is C18H25N3O2S. The SMILES string of the molecule is Cc1nc(-c2ccccc2)sc1CNC(=O)NCC(O)C(C)(C)C. The Morgan fingerprint density at radius 2 is 1.92 bits per heavy atom. The van der Waals surface area contributed by atoms with Crippen molar-refractivity contribution in [1.29, 1.82) is 0 Å². The summed E-state index contributed by atoms with van der Waals surface area (Å²) >= 11 is 1.58. The molecule has 130 valence electrons. The fourth-order valence-electron chi connectivity index (χ4n) is 2.01. The average Bonchev–Trinajstić information content (AvgIpc) is 2.91. The zero-order valence-electron chi connectivity index (χ0n) is 14.6. The highest BCUT2D eigenvalue weighted by molar-refractivity contribution is 7.15. The van der Waals surface area contributed by atoms with E-state index in [4.69, 9.17) is 0 Å². The molecular weight excluding hydrogens is 322 g/mol. The Morgan fingerprint density at radius 1 is 1.25 bits per heavy atom. The molecule has 0 saturated carbocycles. The number of aliphatic hydroxyl groups is 1. The monoisotopic (exact) mass is 347 g/mol. The molecule has 6 heteroatoms. The predicted octanol–water partition coefficient (Wildman–Crippen LogP) is 3.32. The molecule has 2 aromatic rings. The summed E-state index contributed by atoms with van der Waals surface area (Å²) in [6.07, 6.45) is -0.585. The molecule has 0 saturated heterocycles. The Morgan fingerprint density at radius 3 is 2.54 bits per heavy atom. The Kier molecular flexibility index (Phi) is 5.96. The Bertz CT molecular complexity index is 677. The smallest absolute Gasteiger partial charge is 0.315 e. The van der Waals surface area contributed by atoms with Crippen LogP contribution in [0.5, 0.6) is 0 Å². The van der Waals surface area contributed by atoms with Crippen LogP contribution in [0.4, 0.5) is 4.79 Å². The van der Waals surface area contributed by atoms with Gasteiger partial charge in [0.05, 0.1) is 18.3 Å². The van der Waals surface area contributed by atoms with Gasteiger partial charge in [-0.1, -0.05) is 51.1 Å². The highest BCUT2D eigenvalue weighted by Crippen LogP contribution is 2.27. The first-order chi connectivity index (χ1) is 11.3. The van der Waals surface area contributed by atoms with Crippen LogP contribution in [0.1, 0.15) is 31.3 Å². The molecule has 1 aromatic heterocycles. The maximum absolute atomic E-state index is 11.9. The summed E-state index contributed by atoms with van der Waals surface area (Å²) in [5, 5.41) is 16.4. The van der Waals surface area contributed by atoms with Gasteiger partial charge in [0.25, 0.3) is 0 Å². The van der Waals surface area contributed by atoms with Crippen LogP contribution in [-0.2, 0) is 6.54 Å². The summed E-state index contributed by atoms with van der Waals surface area (Å²) in [4.78, 5) is 17.5. The first-order valence-electron chi connectivity index (χ1n) is 7.99. The number of aliphatic hydroxyl groups excluding tert-OH is 1. The average molecular weight is 347 g/mol. The molecule has 1 unspecified atom stereocenters. The van der Waals surface area contributed by atoms with Gasteiger partial charge in [-0.05, 0) is 12.3 Å². The third-order valence-electron chi connectivity index (χ3n) is 3.78. The van der Waals surface area contributed by atoms with Crippen LogP contribution in [0.15, 0.2) is 30.3 Å². The molecule has 2 rings (SSSR count). The van der Waals surface area contributed by atoms with Gasteiger partial charge in [-0.3, -0.25) is 0 Å². The van der Waals surface area contributed by atoms with E-state index in [0.29, 0.717) is 6.54 Å². The van der Waals surface area contributed by atoms with Crippen molar-refractivity contribution in [2.75, 3.05) is 6.54 Å². The lowest BCUT2D eigenvalue weighted by Gasteiger charge is -2.25. The maximum Gasteiger partial charge on any atom is 0.315 e. The van der Waals surface area contributed by atoms with Crippen LogP contribution < -0.4 is 10.6 Å². The number of thiazole rings is 1. The quantitative estimate of drug-likeness (QED) is 0.777. The van der Waals surface area contributed by atoms with Crippen LogP contribution >= 0.6 is 11.3 Å². The Labute approximate surface area is 147 Å². The van der Waals surface area contributed by atoms with Crippen LogP contribution in [0, 0.1) is 12.3 Å². The lowest BCUT2D eigenvalue weighted by molar-refractivity contribution is 0.0650. The molecule has 0 aliphatic heterocycles. The molecule has 0 spiro atoms. The highest BCUT2D eigenvalue weighted by Gasteiger charge is 2.22. The Hall–Kier alpha value is -1.92. The van der Waals surface area contributed by atoms with Crippen LogP contribution in [-0.4, -0.2) is 28.8 Å². The molecule has 0 fully saturated rings. The summed E-state index contributed by atoms with van der Waals surface area (Å²) in [5.74, 6) is 0. The van der Waals surface area contributed by atoms with E-state index in [1.54, 1.807) is 11.3 Å². The summed E-state index contributed by atoms with van der Waals surface area (Å²) in [6.45, 7) is 8.40. The van der Waals surface area contributed by atoms with E-state index in [-0.39, 0.29) is 18.0 Å². The number of amides is 2. The number of hydrogen-bond acceptors (Lipinski definition) is 4. The van der Waals surface area contributed by atoms with Crippen molar-refractivity contribution in [2.45, 2.75) is 40.3 Å². The van der Waals surface area contributed by atoms with Gasteiger partial charge in [-0.15, -0.1) is 11.3 Å². The van der Waals surface area contributed by atoms with Crippen LogP contribution in [0.25, 0.3) is 10.6 Å². The normalized spacial score (nSPS) is 12.7. The summed E-state index contributed by atoms with van der Waals surface area (Å²) in [6, 6.07) is 9.71. The number of nitrogens with zero attached hydrogens (tertiary/aromatic N) is 1. The second-order valence-electron chi connectivity index (χ2n) is 6.84. The first kappa shape index (κ1) is 18.4. The topological polar surface area (TPSA) is 74.2 Å². The summed E-state index contributed by atoms with van der Waals surface area (Å²) in [7, 11) is 0. The van der Waals surface area contributed by atoms with Crippen molar-refractivity contribution < 1.29 is 9.90 Å². The zero-order valence-corrected chi connectivity index (χ0v) is 15.4. The largest absolute Gasteiger partial charge is 0.391 e. The molecule has 2 amide bonds. The van der Waals surface area contributed by atoms with Gasteiger partial charge < -0.3 is 15.7 Å². The van der Waals surface area contributed by atoms with E-state index in [1.807, 2.05) is 58.0 Å². The number of urea groups is 1. The number of benzene rings is 1. The number of aromatic nitrogens is 1. The summed E-state index contributed by atoms with van der Waals surface area (Å²) < 4.78 is 0. The van der Waals surface area contributed by atoms with Crippen molar-refractivity contribution in [1.82, 2.24) is 15.6 Å². The maximum atomic E-state index is 11.9. The van der Waals surface area contributed by atoms with Crippen LogP contribution in [0.2, 0.25) is 0 Å². The molecule has 0 radical (unpaired) electrons. The number of carbonyl (C=O) groups is 1. The van der Waals surface area contributed by atoms with Gasteiger partial charge in [-0.25, -0.2) is 9.78 Å². The summed E-state index contributed by atoms with van der Waals surface area (Å²) in [5.41, 5.74) is 1.75. The van der Waals surface area contributed by atoms with E-state index < -0.39 is 6.10 Å². The second-order valence-corrected chi connectivity index (χ2v) is 7.92.